The second kappa shape index (κ2) is 7.45. The van der Waals surface area contributed by atoms with E-state index in [1.54, 1.807) is 36.6 Å². The molecular weight excluding hydrogens is 342 g/mol. The Balaban J connectivity index is 1.41. The summed E-state index contributed by atoms with van der Waals surface area (Å²) in [5.74, 6) is 1.33. The van der Waals surface area contributed by atoms with E-state index in [1.165, 1.54) is 0 Å². The zero-order chi connectivity index (χ0) is 18.6. The first-order valence-corrected chi connectivity index (χ1v) is 8.71. The van der Waals surface area contributed by atoms with Gasteiger partial charge in [0.05, 0.1) is 17.8 Å². The number of carbonyl (C=O) groups excluding carboxylic acids is 1. The summed E-state index contributed by atoms with van der Waals surface area (Å²) in [6.07, 6.45) is 4.84. The van der Waals surface area contributed by atoms with Crippen molar-refractivity contribution < 1.29 is 14.3 Å². The standard InChI is InChI=1S/C21H19N3O3/c1-24(13-17-14-26-19-6-2-3-7-20(19)27-17)21(25)16-8-9-18(23-12-16)15-5-4-10-22-11-15/h2-12,17H,13-14H2,1H3/t17-/m0/s1. The molecule has 0 saturated heterocycles. The summed E-state index contributed by atoms with van der Waals surface area (Å²) >= 11 is 0. The van der Waals surface area contributed by atoms with Gasteiger partial charge in [-0.1, -0.05) is 12.1 Å². The van der Waals surface area contributed by atoms with E-state index in [0.29, 0.717) is 24.5 Å². The lowest BCUT2D eigenvalue weighted by Crippen LogP contribution is -2.41. The van der Waals surface area contributed by atoms with Crippen LogP contribution in [0.15, 0.2) is 67.1 Å². The number of carbonyl (C=O) groups is 1. The van der Waals surface area contributed by atoms with Crippen molar-refractivity contribution in [2.75, 3.05) is 20.2 Å². The summed E-state index contributed by atoms with van der Waals surface area (Å²) in [6.45, 7) is 0.838. The number of fused-ring (bicyclic) bond motifs is 1. The van der Waals surface area contributed by atoms with E-state index >= 15 is 0 Å². The molecule has 6 nitrogen and oxygen atoms in total. The van der Waals surface area contributed by atoms with Crippen molar-refractivity contribution in [3.8, 4) is 22.8 Å². The lowest BCUT2D eigenvalue weighted by Gasteiger charge is -2.29. The van der Waals surface area contributed by atoms with Crippen molar-refractivity contribution in [1.82, 2.24) is 14.9 Å². The lowest BCUT2D eigenvalue weighted by atomic mass is 10.1. The van der Waals surface area contributed by atoms with E-state index in [0.717, 1.165) is 17.0 Å². The number of hydrogen-bond donors (Lipinski definition) is 0. The zero-order valence-corrected chi connectivity index (χ0v) is 14.9. The second-order valence-electron chi connectivity index (χ2n) is 6.36. The summed E-state index contributed by atoms with van der Waals surface area (Å²) in [6, 6.07) is 14.9. The highest BCUT2D eigenvalue weighted by Crippen LogP contribution is 2.31. The number of aromatic nitrogens is 2. The van der Waals surface area contributed by atoms with Crippen molar-refractivity contribution in [2.24, 2.45) is 0 Å². The molecule has 6 heteroatoms. The van der Waals surface area contributed by atoms with Gasteiger partial charge in [0, 0.05) is 31.2 Å². The van der Waals surface area contributed by atoms with E-state index in [9.17, 15) is 4.79 Å². The third-order valence-corrected chi connectivity index (χ3v) is 4.36. The SMILES string of the molecule is CN(C[C@H]1COc2ccccc2O1)C(=O)c1ccc(-c2cccnc2)nc1. The Bertz CT molecular complexity index is 929. The van der Waals surface area contributed by atoms with Gasteiger partial charge in [-0.05, 0) is 36.4 Å². The number of likely N-dealkylation sites (N-methyl/N-ethyl adjacent to an activating group) is 1. The van der Waals surface area contributed by atoms with Crippen LogP contribution in [0.2, 0.25) is 0 Å². The van der Waals surface area contributed by atoms with E-state index < -0.39 is 0 Å². The number of ether oxygens (including phenoxy) is 2. The van der Waals surface area contributed by atoms with E-state index in [4.69, 9.17) is 9.47 Å². The van der Waals surface area contributed by atoms with Gasteiger partial charge in [-0.3, -0.25) is 14.8 Å². The van der Waals surface area contributed by atoms with Gasteiger partial charge in [0.25, 0.3) is 5.91 Å². The number of para-hydroxylation sites is 2. The molecule has 1 aromatic carbocycles. The van der Waals surface area contributed by atoms with Crippen LogP contribution in [0.1, 0.15) is 10.4 Å². The smallest absolute Gasteiger partial charge is 0.255 e. The molecule has 1 aliphatic rings. The fourth-order valence-corrected chi connectivity index (χ4v) is 2.97. The highest BCUT2D eigenvalue weighted by atomic mass is 16.6. The minimum Gasteiger partial charge on any atom is -0.486 e. The lowest BCUT2D eigenvalue weighted by molar-refractivity contribution is 0.0520. The first-order chi connectivity index (χ1) is 13.2. The van der Waals surface area contributed by atoms with Crippen molar-refractivity contribution in [2.45, 2.75) is 6.10 Å². The Morgan fingerprint density at radius 3 is 2.70 bits per heavy atom. The van der Waals surface area contributed by atoms with Gasteiger partial charge in [0.15, 0.2) is 17.6 Å². The van der Waals surface area contributed by atoms with Crippen LogP contribution in [0.5, 0.6) is 11.5 Å². The van der Waals surface area contributed by atoms with Crippen LogP contribution < -0.4 is 9.47 Å². The van der Waals surface area contributed by atoms with Crippen molar-refractivity contribution in [1.29, 1.82) is 0 Å². The fourth-order valence-electron chi connectivity index (χ4n) is 2.97. The molecule has 0 N–H and O–H groups in total. The number of pyridine rings is 2. The van der Waals surface area contributed by atoms with Gasteiger partial charge < -0.3 is 14.4 Å². The summed E-state index contributed by atoms with van der Waals surface area (Å²) in [4.78, 5) is 22.8. The molecule has 1 atom stereocenters. The summed E-state index contributed by atoms with van der Waals surface area (Å²) in [5.41, 5.74) is 2.22. The molecule has 0 aliphatic carbocycles. The average molecular weight is 361 g/mol. The summed E-state index contributed by atoms with van der Waals surface area (Å²) in [5, 5.41) is 0. The Morgan fingerprint density at radius 1 is 1.11 bits per heavy atom. The summed E-state index contributed by atoms with van der Waals surface area (Å²) in [7, 11) is 1.75. The van der Waals surface area contributed by atoms with Crippen LogP contribution in [0.3, 0.4) is 0 Å². The molecule has 1 amide bonds. The Morgan fingerprint density at radius 2 is 1.96 bits per heavy atom. The number of benzene rings is 1. The monoisotopic (exact) mass is 361 g/mol. The molecular formula is C21H19N3O3. The van der Waals surface area contributed by atoms with Crippen LogP contribution in [0.25, 0.3) is 11.3 Å². The van der Waals surface area contributed by atoms with Crippen LogP contribution in [-0.4, -0.2) is 47.1 Å². The van der Waals surface area contributed by atoms with Gasteiger partial charge in [-0.15, -0.1) is 0 Å². The van der Waals surface area contributed by atoms with Crippen LogP contribution in [-0.2, 0) is 0 Å². The van der Waals surface area contributed by atoms with Crippen molar-refractivity contribution in [3.05, 3.63) is 72.7 Å². The maximum absolute atomic E-state index is 12.7. The van der Waals surface area contributed by atoms with E-state index in [-0.39, 0.29) is 12.0 Å². The van der Waals surface area contributed by atoms with Crippen LogP contribution in [0.4, 0.5) is 0 Å². The molecule has 4 rings (SSSR count). The highest BCUT2D eigenvalue weighted by molar-refractivity contribution is 5.94. The first kappa shape index (κ1) is 17.0. The highest BCUT2D eigenvalue weighted by Gasteiger charge is 2.24. The predicted octanol–water partition coefficient (Wildman–Crippen LogP) is 3.06. The molecule has 0 spiro atoms. The molecule has 3 heterocycles. The van der Waals surface area contributed by atoms with E-state index in [2.05, 4.69) is 9.97 Å². The molecule has 0 bridgehead atoms. The third kappa shape index (κ3) is 3.74. The molecule has 0 fully saturated rings. The Hall–Kier alpha value is -3.41. The number of hydrogen-bond acceptors (Lipinski definition) is 5. The van der Waals surface area contributed by atoms with Gasteiger partial charge in [-0.25, -0.2) is 0 Å². The topological polar surface area (TPSA) is 64.6 Å². The quantitative estimate of drug-likeness (QED) is 0.715. The maximum atomic E-state index is 12.7. The normalized spacial score (nSPS) is 15.2. The molecule has 3 aromatic rings. The Kier molecular flexibility index (Phi) is 4.70. The molecule has 0 saturated carbocycles. The van der Waals surface area contributed by atoms with Gasteiger partial charge in [0.1, 0.15) is 6.61 Å². The molecule has 136 valence electrons. The molecule has 2 aromatic heterocycles. The van der Waals surface area contributed by atoms with Gasteiger partial charge in [0.2, 0.25) is 0 Å². The number of amides is 1. The van der Waals surface area contributed by atoms with Crippen LogP contribution >= 0.6 is 0 Å². The van der Waals surface area contributed by atoms with Crippen molar-refractivity contribution >= 4 is 5.91 Å². The predicted molar refractivity (Wildman–Crippen MR) is 101 cm³/mol. The minimum atomic E-state index is -0.212. The first-order valence-electron chi connectivity index (χ1n) is 8.71. The maximum Gasteiger partial charge on any atom is 0.255 e. The summed E-state index contributed by atoms with van der Waals surface area (Å²) < 4.78 is 11.6. The number of nitrogens with zero attached hydrogens (tertiary/aromatic N) is 3. The van der Waals surface area contributed by atoms with Gasteiger partial charge >= 0.3 is 0 Å². The zero-order valence-electron chi connectivity index (χ0n) is 14.9. The largest absolute Gasteiger partial charge is 0.486 e. The fraction of sp³-hybridized carbons (Fsp3) is 0.190. The second-order valence-corrected chi connectivity index (χ2v) is 6.36. The molecule has 27 heavy (non-hydrogen) atoms. The average Bonchev–Trinajstić information content (AvgIpc) is 2.74. The van der Waals surface area contributed by atoms with Crippen LogP contribution in [0, 0.1) is 0 Å². The third-order valence-electron chi connectivity index (χ3n) is 4.36. The Labute approximate surface area is 157 Å². The number of rotatable bonds is 4. The molecule has 0 unspecified atom stereocenters. The molecule has 1 aliphatic heterocycles. The van der Waals surface area contributed by atoms with Crippen molar-refractivity contribution in [3.63, 3.8) is 0 Å². The van der Waals surface area contributed by atoms with E-state index in [1.807, 2.05) is 42.5 Å². The van der Waals surface area contributed by atoms with Gasteiger partial charge in [-0.2, -0.15) is 0 Å². The minimum absolute atomic E-state index is 0.109. The molecule has 0 radical (unpaired) electrons.